The van der Waals surface area contributed by atoms with Crippen LogP contribution in [0.25, 0.3) is 0 Å². The van der Waals surface area contributed by atoms with E-state index in [9.17, 15) is 0 Å². The molecule has 1 fully saturated rings. The van der Waals surface area contributed by atoms with Crippen molar-refractivity contribution in [1.82, 2.24) is 15.5 Å². The van der Waals surface area contributed by atoms with Gasteiger partial charge in [-0.15, -0.1) is 24.0 Å². The quantitative estimate of drug-likeness (QED) is 0.351. The second-order valence-electron chi connectivity index (χ2n) is 6.33. The molecule has 1 aliphatic heterocycles. The minimum absolute atomic E-state index is 0. The van der Waals surface area contributed by atoms with Gasteiger partial charge in [0.25, 0.3) is 0 Å². The third-order valence-corrected chi connectivity index (χ3v) is 4.44. The Bertz CT molecular complexity index is 721. The molecule has 0 radical (unpaired) electrons. The van der Waals surface area contributed by atoms with Crippen LogP contribution in [-0.2, 0) is 11.3 Å². The SMILES string of the molecule is CN=C(NCCN1CCOCC1)NCc1ccccc1Oc1ccccc1.I. The molecule has 0 aliphatic carbocycles. The van der Waals surface area contributed by atoms with Crippen LogP contribution in [0.3, 0.4) is 0 Å². The van der Waals surface area contributed by atoms with E-state index >= 15 is 0 Å². The van der Waals surface area contributed by atoms with E-state index in [0.29, 0.717) is 6.54 Å². The molecule has 1 saturated heterocycles. The van der Waals surface area contributed by atoms with Gasteiger partial charge >= 0.3 is 0 Å². The lowest BCUT2D eigenvalue weighted by Gasteiger charge is -2.26. The molecule has 0 spiro atoms. The van der Waals surface area contributed by atoms with Crippen LogP contribution in [0.15, 0.2) is 59.6 Å². The third kappa shape index (κ3) is 7.29. The highest BCUT2D eigenvalue weighted by atomic mass is 127. The second-order valence-corrected chi connectivity index (χ2v) is 6.33. The Balaban J connectivity index is 0.00000280. The van der Waals surface area contributed by atoms with Gasteiger partial charge in [-0.25, -0.2) is 0 Å². The lowest BCUT2D eigenvalue weighted by atomic mass is 10.2. The Hall–Kier alpha value is -1.84. The van der Waals surface area contributed by atoms with Gasteiger partial charge in [0.05, 0.1) is 13.2 Å². The molecule has 0 amide bonds. The smallest absolute Gasteiger partial charge is 0.191 e. The van der Waals surface area contributed by atoms with E-state index in [2.05, 4.69) is 26.6 Å². The molecular weight excluding hydrogens is 467 g/mol. The van der Waals surface area contributed by atoms with E-state index < -0.39 is 0 Å². The summed E-state index contributed by atoms with van der Waals surface area (Å²) in [4.78, 5) is 6.71. The summed E-state index contributed by atoms with van der Waals surface area (Å²) in [6.45, 7) is 6.12. The van der Waals surface area contributed by atoms with Crippen LogP contribution in [0.5, 0.6) is 11.5 Å². The lowest BCUT2D eigenvalue weighted by molar-refractivity contribution is 0.0389. The van der Waals surface area contributed by atoms with Gasteiger partial charge in [-0.1, -0.05) is 36.4 Å². The molecule has 152 valence electrons. The summed E-state index contributed by atoms with van der Waals surface area (Å²) in [5, 5.41) is 6.74. The average Bonchev–Trinajstić information content (AvgIpc) is 2.73. The zero-order valence-electron chi connectivity index (χ0n) is 16.3. The minimum Gasteiger partial charge on any atom is -0.457 e. The molecule has 0 unspecified atom stereocenters. The summed E-state index contributed by atoms with van der Waals surface area (Å²) in [5.41, 5.74) is 1.08. The predicted molar refractivity (Wildman–Crippen MR) is 124 cm³/mol. The first kappa shape index (κ1) is 22.4. The van der Waals surface area contributed by atoms with Crippen molar-refractivity contribution in [3.63, 3.8) is 0 Å². The van der Waals surface area contributed by atoms with Gasteiger partial charge in [0.1, 0.15) is 11.5 Å². The third-order valence-electron chi connectivity index (χ3n) is 4.44. The summed E-state index contributed by atoms with van der Waals surface area (Å²) < 4.78 is 11.4. The first-order chi connectivity index (χ1) is 13.3. The lowest BCUT2D eigenvalue weighted by Crippen LogP contribution is -2.44. The summed E-state index contributed by atoms with van der Waals surface area (Å²) in [5.74, 6) is 2.47. The van der Waals surface area contributed by atoms with E-state index in [-0.39, 0.29) is 24.0 Å². The summed E-state index contributed by atoms with van der Waals surface area (Å²) in [6.07, 6.45) is 0. The van der Waals surface area contributed by atoms with Gasteiger partial charge in [0.2, 0.25) is 0 Å². The zero-order chi connectivity index (χ0) is 18.7. The number of aliphatic imine (C=N–C) groups is 1. The molecular formula is C21H29IN4O2. The Labute approximate surface area is 184 Å². The van der Waals surface area contributed by atoms with E-state index in [4.69, 9.17) is 9.47 Å². The maximum atomic E-state index is 6.02. The number of rotatable bonds is 7. The van der Waals surface area contributed by atoms with Crippen LogP contribution in [-0.4, -0.2) is 57.3 Å². The van der Waals surface area contributed by atoms with Crippen LogP contribution >= 0.6 is 24.0 Å². The normalized spacial score (nSPS) is 14.8. The van der Waals surface area contributed by atoms with Crippen molar-refractivity contribution in [2.24, 2.45) is 4.99 Å². The molecule has 0 atom stereocenters. The number of hydrogen-bond donors (Lipinski definition) is 2. The number of guanidine groups is 1. The number of ether oxygens (including phenoxy) is 2. The average molecular weight is 496 g/mol. The summed E-state index contributed by atoms with van der Waals surface area (Å²) in [6, 6.07) is 17.9. The van der Waals surface area contributed by atoms with E-state index in [1.165, 1.54) is 0 Å². The van der Waals surface area contributed by atoms with E-state index in [1.807, 2.05) is 48.5 Å². The highest BCUT2D eigenvalue weighted by Crippen LogP contribution is 2.24. The van der Waals surface area contributed by atoms with Crippen molar-refractivity contribution < 1.29 is 9.47 Å². The number of halogens is 1. The number of hydrogen-bond acceptors (Lipinski definition) is 4. The summed E-state index contributed by atoms with van der Waals surface area (Å²) in [7, 11) is 1.79. The van der Waals surface area contributed by atoms with Crippen LogP contribution in [0.4, 0.5) is 0 Å². The molecule has 6 nitrogen and oxygen atoms in total. The van der Waals surface area contributed by atoms with Crippen molar-refractivity contribution in [2.75, 3.05) is 46.4 Å². The Morgan fingerprint density at radius 2 is 1.75 bits per heavy atom. The molecule has 2 N–H and O–H groups in total. The molecule has 2 aromatic carbocycles. The fraction of sp³-hybridized carbons (Fsp3) is 0.381. The van der Waals surface area contributed by atoms with E-state index in [0.717, 1.165) is 62.4 Å². The van der Waals surface area contributed by atoms with Crippen molar-refractivity contribution in [3.8, 4) is 11.5 Å². The second kappa shape index (κ2) is 12.6. The highest BCUT2D eigenvalue weighted by molar-refractivity contribution is 14.0. The molecule has 1 heterocycles. The summed E-state index contributed by atoms with van der Waals surface area (Å²) >= 11 is 0. The molecule has 2 aromatic rings. The molecule has 0 saturated carbocycles. The molecule has 3 rings (SSSR count). The number of benzene rings is 2. The molecule has 0 bridgehead atoms. The first-order valence-corrected chi connectivity index (χ1v) is 9.40. The van der Waals surface area contributed by atoms with Gasteiger partial charge in [-0.2, -0.15) is 0 Å². The van der Waals surface area contributed by atoms with Crippen molar-refractivity contribution in [2.45, 2.75) is 6.54 Å². The topological polar surface area (TPSA) is 58.1 Å². The van der Waals surface area contributed by atoms with Gasteiger partial charge in [0.15, 0.2) is 5.96 Å². The Morgan fingerprint density at radius 3 is 2.50 bits per heavy atom. The predicted octanol–water partition coefficient (Wildman–Crippen LogP) is 3.09. The van der Waals surface area contributed by atoms with Crippen LogP contribution in [0.1, 0.15) is 5.56 Å². The number of nitrogens with one attached hydrogen (secondary N) is 2. The van der Waals surface area contributed by atoms with Crippen molar-refractivity contribution in [1.29, 1.82) is 0 Å². The van der Waals surface area contributed by atoms with Crippen LogP contribution < -0.4 is 15.4 Å². The number of para-hydroxylation sites is 2. The number of nitrogens with zero attached hydrogens (tertiary/aromatic N) is 2. The molecule has 0 aromatic heterocycles. The van der Waals surface area contributed by atoms with Gasteiger partial charge < -0.3 is 20.1 Å². The van der Waals surface area contributed by atoms with Crippen molar-refractivity contribution >= 4 is 29.9 Å². The Kier molecular flexibility index (Phi) is 10.1. The van der Waals surface area contributed by atoms with Crippen molar-refractivity contribution in [3.05, 3.63) is 60.2 Å². The maximum absolute atomic E-state index is 6.02. The standard InChI is InChI=1S/C21H28N4O2.HI/c1-22-21(23-11-12-25-13-15-26-16-14-25)24-17-18-7-5-6-10-20(18)27-19-8-3-2-4-9-19;/h2-10H,11-17H2,1H3,(H2,22,23,24);1H. The van der Waals surface area contributed by atoms with Gasteiger partial charge in [-0.3, -0.25) is 9.89 Å². The molecule has 7 heteroatoms. The first-order valence-electron chi connectivity index (χ1n) is 9.40. The zero-order valence-corrected chi connectivity index (χ0v) is 18.6. The maximum Gasteiger partial charge on any atom is 0.191 e. The molecule has 1 aliphatic rings. The van der Waals surface area contributed by atoms with Gasteiger partial charge in [0, 0.05) is 45.3 Å². The Morgan fingerprint density at radius 1 is 1.04 bits per heavy atom. The largest absolute Gasteiger partial charge is 0.457 e. The van der Waals surface area contributed by atoms with Crippen LogP contribution in [0, 0.1) is 0 Å². The highest BCUT2D eigenvalue weighted by Gasteiger charge is 2.10. The minimum atomic E-state index is 0. The molecule has 28 heavy (non-hydrogen) atoms. The fourth-order valence-electron chi connectivity index (χ4n) is 2.92. The van der Waals surface area contributed by atoms with Gasteiger partial charge in [-0.05, 0) is 18.2 Å². The number of morpholine rings is 1. The fourth-order valence-corrected chi connectivity index (χ4v) is 2.92. The monoisotopic (exact) mass is 496 g/mol. The van der Waals surface area contributed by atoms with Crippen LogP contribution in [0.2, 0.25) is 0 Å². The van der Waals surface area contributed by atoms with E-state index in [1.54, 1.807) is 7.05 Å².